The first-order valence-electron chi connectivity index (χ1n) is 7.66. The Morgan fingerprint density at radius 1 is 1.23 bits per heavy atom. The van der Waals surface area contributed by atoms with E-state index in [0.717, 1.165) is 24.8 Å². The lowest BCUT2D eigenvalue weighted by Crippen LogP contribution is -2.22. The molecule has 1 aliphatic heterocycles. The lowest BCUT2D eigenvalue weighted by Gasteiger charge is -2.21. The Kier molecular flexibility index (Phi) is 5.13. The molecule has 0 N–H and O–H groups in total. The summed E-state index contributed by atoms with van der Waals surface area (Å²) >= 11 is 0. The van der Waals surface area contributed by atoms with Crippen LogP contribution in [0.15, 0.2) is 30.5 Å². The molecule has 1 fully saturated rings. The molecule has 3 rings (SSSR count). The lowest BCUT2D eigenvalue weighted by molar-refractivity contribution is 0.670. The van der Waals surface area contributed by atoms with Crippen molar-refractivity contribution in [2.45, 2.75) is 13.3 Å². The maximum Gasteiger partial charge on any atom is 0.132 e. The second kappa shape index (κ2) is 6.92. The fourth-order valence-corrected chi connectivity index (χ4v) is 4.14. The van der Waals surface area contributed by atoms with Crippen LogP contribution in [-0.4, -0.2) is 24.2 Å². The highest BCUT2D eigenvalue weighted by Crippen LogP contribution is 2.31. The first-order valence-corrected chi connectivity index (χ1v) is 9.63. The zero-order valence-corrected chi connectivity index (χ0v) is 16.4. The van der Waals surface area contributed by atoms with Gasteiger partial charge in [-0.2, -0.15) is 0 Å². The number of anilines is 1. The van der Waals surface area contributed by atoms with E-state index in [0.29, 0.717) is 0 Å². The standard InChI is InChI=1S/C17H23N2P3/c1-11-14(15-8-13(21)2-3-16(15)22)4-6-18-17(11)19-7-5-12(9-19)10-20/h2-4,6,8,12H,5,7,9-10,20-22H2,1H3. The molecular formula is C17H23N2P3. The average Bonchev–Trinajstić information content (AvgIpc) is 2.99. The first-order chi connectivity index (χ1) is 10.6. The zero-order chi connectivity index (χ0) is 15.7. The van der Waals surface area contributed by atoms with Crippen LogP contribution in [0.4, 0.5) is 5.82 Å². The molecular weight excluding hydrogens is 325 g/mol. The Labute approximate surface area is 140 Å². The van der Waals surface area contributed by atoms with Crippen LogP contribution in [0, 0.1) is 12.8 Å². The van der Waals surface area contributed by atoms with Crippen molar-refractivity contribution in [2.24, 2.45) is 5.92 Å². The number of nitrogens with zero attached hydrogens (tertiary/aromatic N) is 2. The van der Waals surface area contributed by atoms with Gasteiger partial charge in [-0.1, -0.05) is 12.1 Å². The van der Waals surface area contributed by atoms with Gasteiger partial charge in [0.15, 0.2) is 0 Å². The molecule has 2 aromatic rings. The van der Waals surface area contributed by atoms with Gasteiger partial charge in [-0.25, -0.2) is 4.98 Å². The van der Waals surface area contributed by atoms with Crippen LogP contribution in [0.2, 0.25) is 0 Å². The van der Waals surface area contributed by atoms with Gasteiger partial charge in [0.05, 0.1) is 0 Å². The van der Waals surface area contributed by atoms with Gasteiger partial charge in [0.2, 0.25) is 0 Å². The number of pyridine rings is 1. The second-order valence-corrected chi connectivity index (χ2v) is 7.75. The normalized spacial score (nSPS) is 18.0. The van der Waals surface area contributed by atoms with Gasteiger partial charge >= 0.3 is 0 Å². The average molecular weight is 348 g/mol. The number of hydrogen-bond acceptors (Lipinski definition) is 2. The molecule has 0 radical (unpaired) electrons. The van der Waals surface area contributed by atoms with Crippen molar-refractivity contribution in [3.63, 3.8) is 0 Å². The molecule has 0 amide bonds. The molecule has 2 heterocycles. The van der Waals surface area contributed by atoms with Gasteiger partial charge in [-0.15, -0.1) is 27.7 Å². The second-order valence-electron chi connectivity index (χ2n) is 5.99. The summed E-state index contributed by atoms with van der Waals surface area (Å²) in [4.78, 5) is 7.12. The van der Waals surface area contributed by atoms with Crippen molar-refractivity contribution in [1.29, 1.82) is 0 Å². The van der Waals surface area contributed by atoms with Crippen molar-refractivity contribution >= 4 is 44.1 Å². The first kappa shape index (κ1) is 16.3. The summed E-state index contributed by atoms with van der Waals surface area (Å²) in [5.41, 5.74) is 3.85. The smallest absolute Gasteiger partial charge is 0.132 e. The molecule has 116 valence electrons. The van der Waals surface area contributed by atoms with E-state index in [1.54, 1.807) is 0 Å². The highest BCUT2D eigenvalue weighted by atomic mass is 31.0. The van der Waals surface area contributed by atoms with E-state index in [1.807, 2.05) is 6.20 Å². The van der Waals surface area contributed by atoms with E-state index < -0.39 is 0 Å². The number of rotatable bonds is 3. The van der Waals surface area contributed by atoms with Gasteiger partial charge in [-0.05, 0) is 64.9 Å². The van der Waals surface area contributed by atoms with Gasteiger partial charge < -0.3 is 4.90 Å². The minimum Gasteiger partial charge on any atom is -0.356 e. The Morgan fingerprint density at radius 2 is 2.05 bits per heavy atom. The molecule has 0 spiro atoms. The maximum absolute atomic E-state index is 4.67. The molecule has 4 atom stereocenters. The Hall–Kier alpha value is -0.540. The van der Waals surface area contributed by atoms with Crippen LogP contribution in [0.5, 0.6) is 0 Å². The third kappa shape index (κ3) is 3.21. The Balaban J connectivity index is 2.01. The molecule has 5 heteroatoms. The number of benzene rings is 1. The number of hydrogen-bond donors (Lipinski definition) is 0. The fourth-order valence-electron chi connectivity index (χ4n) is 3.16. The van der Waals surface area contributed by atoms with E-state index >= 15 is 0 Å². The monoisotopic (exact) mass is 348 g/mol. The van der Waals surface area contributed by atoms with Gasteiger partial charge in [0.1, 0.15) is 5.82 Å². The molecule has 0 saturated carbocycles. The molecule has 2 nitrogen and oxygen atoms in total. The van der Waals surface area contributed by atoms with Gasteiger partial charge in [-0.3, -0.25) is 0 Å². The zero-order valence-electron chi connectivity index (χ0n) is 12.9. The molecule has 0 bridgehead atoms. The lowest BCUT2D eigenvalue weighted by atomic mass is 10.0. The maximum atomic E-state index is 4.67. The van der Waals surface area contributed by atoms with Crippen molar-refractivity contribution in [3.8, 4) is 11.1 Å². The summed E-state index contributed by atoms with van der Waals surface area (Å²) in [5, 5.41) is 2.44. The van der Waals surface area contributed by atoms with E-state index in [-0.39, 0.29) is 0 Å². The van der Waals surface area contributed by atoms with Crippen molar-refractivity contribution < 1.29 is 0 Å². The predicted molar refractivity (Wildman–Crippen MR) is 108 cm³/mol. The molecule has 1 aliphatic rings. The Morgan fingerprint density at radius 3 is 2.77 bits per heavy atom. The third-order valence-corrected chi connectivity index (χ3v) is 5.99. The minimum absolute atomic E-state index is 0.780. The quantitative estimate of drug-likeness (QED) is 0.793. The summed E-state index contributed by atoms with van der Waals surface area (Å²) in [7, 11) is 8.51. The minimum atomic E-state index is 0.780. The van der Waals surface area contributed by atoms with Crippen molar-refractivity contribution in [3.05, 3.63) is 36.0 Å². The van der Waals surface area contributed by atoms with Crippen LogP contribution in [0.25, 0.3) is 11.1 Å². The predicted octanol–water partition coefficient (Wildman–Crippen LogP) is 2.76. The number of aromatic nitrogens is 1. The van der Waals surface area contributed by atoms with E-state index in [1.165, 1.54) is 39.9 Å². The largest absolute Gasteiger partial charge is 0.356 e. The summed E-state index contributed by atoms with van der Waals surface area (Å²) < 4.78 is 0. The Bertz CT molecular complexity index is 688. The topological polar surface area (TPSA) is 16.1 Å². The van der Waals surface area contributed by atoms with Crippen LogP contribution >= 0.6 is 27.7 Å². The third-order valence-electron chi connectivity index (χ3n) is 4.46. The van der Waals surface area contributed by atoms with Gasteiger partial charge in [0, 0.05) is 19.3 Å². The van der Waals surface area contributed by atoms with Crippen LogP contribution in [-0.2, 0) is 0 Å². The molecule has 4 unspecified atom stereocenters. The van der Waals surface area contributed by atoms with Gasteiger partial charge in [0.25, 0.3) is 0 Å². The van der Waals surface area contributed by atoms with Crippen LogP contribution < -0.4 is 15.5 Å². The molecule has 0 aliphatic carbocycles. The summed E-state index contributed by atoms with van der Waals surface area (Å²) in [6.07, 6.45) is 4.40. The SMILES string of the molecule is Cc1c(-c2cc(P)ccc2P)ccnc1N1CCC(CP)C1. The van der Waals surface area contributed by atoms with Crippen LogP contribution in [0.1, 0.15) is 12.0 Å². The summed E-state index contributed by atoms with van der Waals surface area (Å²) in [6, 6.07) is 8.64. The highest BCUT2D eigenvalue weighted by Gasteiger charge is 2.24. The fraction of sp³-hybridized carbons (Fsp3) is 0.353. The van der Waals surface area contributed by atoms with Crippen molar-refractivity contribution in [2.75, 3.05) is 24.2 Å². The van der Waals surface area contributed by atoms with E-state index in [2.05, 4.69) is 68.8 Å². The molecule has 1 aromatic carbocycles. The van der Waals surface area contributed by atoms with Crippen molar-refractivity contribution in [1.82, 2.24) is 4.98 Å². The van der Waals surface area contributed by atoms with E-state index in [9.17, 15) is 0 Å². The van der Waals surface area contributed by atoms with E-state index in [4.69, 9.17) is 0 Å². The highest BCUT2D eigenvalue weighted by molar-refractivity contribution is 7.28. The van der Waals surface area contributed by atoms with Crippen LogP contribution in [0.3, 0.4) is 0 Å². The molecule has 1 saturated heterocycles. The molecule has 1 aromatic heterocycles. The molecule has 22 heavy (non-hydrogen) atoms. The summed E-state index contributed by atoms with van der Waals surface area (Å²) in [5.74, 6) is 1.93. The summed E-state index contributed by atoms with van der Waals surface area (Å²) in [6.45, 7) is 4.44.